The average molecular weight is 365 g/mol. The Bertz CT molecular complexity index is 651. The van der Waals surface area contributed by atoms with Gasteiger partial charge in [-0.25, -0.2) is 0 Å². The molecule has 1 atom stereocenters. The van der Waals surface area contributed by atoms with E-state index in [2.05, 4.69) is 77.8 Å². The lowest BCUT2D eigenvalue weighted by molar-refractivity contribution is -0.120. The van der Waals surface area contributed by atoms with Gasteiger partial charge < -0.3 is 5.32 Å². The van der Waals surface area contributed by atoms with E-state index in [0.717, 1.165) is 13.1 Å². The van der Waals surface area contributed by atoms with Crippen LogP contribution in [-0.2, 0) is 17.9 Å². The van der Waals surface area contributed by atoms with E-state index < -0.39 is 0 Å². The molecule has 1 N–H and O–H groups in total. The molecule has 3 heteroatoms. The maximum absolute atomic E-state index is 11.4. The van der Waals surface area contributed by atoms with Crippen LogP contribution in [-0.4, -0.2) is 22.9 Å². The minimum atomic E-state index is 0.0828. The minimum absolute atomic E-state index is 0.0828. The molecule has 0 radical (unpaired) electrons. The predicted molar refractivity (Wildman–Crippen MR) is 111 cm³/mol. The summed E-state index contributed by atoms with van der Waals surface area (Å²) >= 11 is 0. The summed E-state index contributed by atoms with van der Waals surface area (Å²) < 4.78 is 0. The van der Waals surface area contributed by atoms with Gasteiger partial charge in [0.1, 0.15) is 0 Å². The molecule has 1 saturated carbocycles. The van der Waals surface area contributed by atoms with Gasteiger partial charge in [0, 0.05) is 32.1 Å². The van der Waals surface area contributed by atoms with E-state index in [1.54, 1.807) is 6.92 Å². The molecule has 3 nitrogen and oxygen atoms in total. The monoisotopic (exact) mass is 364 g/mol. The molecular weight excluding hydrogens is 332 g/mol. The number of nitrogens with one attached hydrogen (secondary N) is 1. The highest BCUT2D eigenvalue weighted by Gasteiger charge is 2.29. The van der Waals surface area contributed by atoms with Crippen molar-refractivity contribution in [3.8, 4) is 0 Å². The first-order chi connectivity index (χ1) is 13.1. The molecule has 144 valence electrons. The summed E-state index contributed by atoms with van der Waals surface area (Å²) in [6, 6.07) is 22.5. The number of hydrogen-bond donors (Lipinski definition) is 1. The number of benzene rings is 2. The summed E-state index contributed by atoms with van der Waals surface area (Å²) in [7, 11) is 0. The summed E-state index contributed by atoms with van der Waals surface area (Å²) in [6.45, 7) is 5.75. The van der Waals surface area contributed by atoms with Crippen LogP contribution in [0.25, 0.3) is 0 Å². The van der Waals surface area contributed by atoms with E-state index in [1.807, 2.05) is 0 Å². The second-order valence-corrected chi connectivity index (χ2v) is 7.93. The van der Waals surface area contributed by atoms with Crippen LogP contribution in [0.5, 0.6) is 0 Å². The topological polar surface area (TPSA) is 32.3 Å². The molecule has 27 heavy (non-hydrogen) atoms. The fourth-order valence-electron chi connectivity index (χ4n) is 4.36. The van der Waals surface area contributed by atoms with Crippen LogP contribution < -0.4 is 5.32 Å². The van der Waals surface area contributed by atoms with E-state index >= 15 is 0 Å². The Morgan fingerprint density at radius 2 is 1.41 bits per heavy atom. The first-order valence-electron chi connectivity index (χ1n) is 10.2. The van der Waals surface area contributed by atoms with Gasteiger partial charge >= 0.3 is 0 Å². The summed E-state index contributed by atoms with van der Waals surface area (Å²) in [5, 5.41) is 3.08. The molecule has 1 unspecified atom stereocenters. The van der Waals surface area contributed by atoms with Crippen LogP contribution in [0.15, 0.2) is 60.7 Å². The zero-order valence-electron chi connectivity index (χ0n) is 16.6. The summed E-state index contributed by atoms with van der Waals surface area (Å²) in [5.74, 6) is 0.680. The van der Waals surface area contributed by atoms with Crippen molar-refractivity contribution in [2.24, 2.45) is 5.92 Å². The van der Waals surface area contributed by atoms with Crippen LogP contribution in [0.2, 0.25) is 0 Å². The van der Waals surface area contributed by atoms with E-state index in [4.69, 9.17) is 0 Å². The van der Waals surface area contributed by atoms with Gasteiger partial charge in [-0.1, -0.05) is 60.7 Å². The van der Waals surface area contributed by atoms with Gasteiger partial charge in [-0.05, 0) is 49.7 Å². The SMILES string of the molecule is CC(=O)NC(C)C1CCC(N(Cc2ccccc2)Cc2ccccc2)CC1. The van der Waals surface area contributed by atoms with E-state index in [0.29, 0.717) is 12.0 Å². The number of nitrogens with zero attached hydrogens (tertiary/aromatic N) is 1. The molecule has 2 aromatic carbocycles. The minimum Gasteiger partial charge on any atom is -0.354 e. The predicted octanol–water partition coefficient (Wildman–Crippen LogP) is 4.77. The number of hydrogen-bond acceptors (Lipinski definition) is 2. The van der Waals surface area contributed by atoms with Gasteiger partial charge in [0.15, 0.2) is 0 Å². The van der Waals surface area contributed by atoms with Crippen molar-refractivity contribution in [2.75, 3.05) is 0 Å². The Kier molecular flexibility index (Phi) is 7.05. The highest BCUT2D eigenvalue weighted by atomic mass is 16.1. The molecule has 0 aromatic heterocycles. The van der Waals surface area contributed by atoms with Crippen LogP contribution in [0.4, 0.5) is 0 Å². The van der Waals surface area contributed by atoms with Gasteiger partial charge in [-0.3, -0.25) is 9.69 Å². The summed E-state index contributed by atoms with van der Waals surface area (Å²) in [4.78, 5) is 14.0. The number of carbonyl (C=O) groups excluding carboxylic acids is 1. The van der Waals surface area contributed by atoms with Crippen LogP contribution in [0.3, 0.4) is 0 Å². The van der Waals surface area contributed by atoms with Crippen molar-refractivity contribution < 1.29 is 4.79 Å². The highest BCUT2D eigenvalue weighted by Crippen LogP contribution is 2.31. The molecule has 0 saturated heterocycles. The lowest BCUT2D eigenvalue weighted by Gasteiger charge is -2.39. The zero-order chi connectivity index (χ0) is 19.1. The van der Waals surface area contributed by atoms with Crippen molar-refractivity contribution in [1.82, 2.24) is 10.2 Å². The van der Waals surface area contributed by atoms with Crippen LogP contribution >= 0.6 is 0 Å². The van der Waals surface area contributed by atoms with Crippen molar-refractivity contribution in [1.29, 1.82) is 0 Å². The first kappa shape index (κ1) is 19.6. The van der Waals surface area contributed by atoms with Gasteiger partial charge in [0.2, 0.25) is 5.91 Å². The molecule has 0 heterocycles. The van der Waals surface area contributed by atoms with Crippen molar-refractivity contribution in [3.05, 3.63) is 71.8 Å². The summed E-state index contributed by atoms with van der Waals surface area (Å²) in [5.41, 5.74) is 2.75. The van der Waals surface area contributed by atoms with Gasteiger partial charge in [-0.15, -0.1) is 0 Å². The lowest BCUT2D eigenvalue weighted by Crippen LogP contribution is -2.42. The fraction of sp³-hybridized carbons (Fsp3) is 0.458. The lowest BCUT2D eigenvalue weighted by atomic mass is 9.81. The standard InChI is InChI=1S/C24H32N2O/c1-19(25-20(2)27)23-13-15-24(16-14-23)26(17-21-9-5-3-6-10-21)18-22-11-7-4-8-12-22/h3-12,19,23-24H,13-18H2,1-2H3,(H,25,27). The van der Waals surface area contributed by atoms with E-state index in [-0.39, 0.29) is 11.9 Å². The fourth-order valence-corrected chi connectivity index (χ4v) is 4.36. The van der Waals surface area contributed by atoms with Crippen LogP contribution in [0, 0.1) is 5.92 Å². The van der Waals surface area contributed by atoms with Crippen LogP contribution in [0.1, 0.15) is 50.7 Å². The maximum atomic E-state index is 11.4. The van der Waals surface area contributed by atoms with E-state index in [9.17, 15) is 4.79 Å². The molecule has 1 fully saturated rings. The second kappa shape index (κ2) is 9.70. The summed E-state index contributed by atoms with van der Waals surface area (Å²) in [6.07, 6.45) is 4.78. The van der Waals surface area contributed by atoms with Crippen molar-refractivity contribution >= 4 is 5.91 Å². The van der Waals surface area contributed by atoms with Gasteiger partial charge in [0.25, 0.3) is 0 Å². The molecule has 3 rings (SSSR count). The average Bonchev–Trinajstić information content (AvgIpc) is 2.69. The Morgan fingerprint density at radius 1 is 0.926 bits per heavy atom. The molecule has 2 aromatic rings. The normalized spacial score (nSPS) is 21.0. The zero-order valence-corrected chi connectivity index (χ0v) is 16.6. The van der Waals surface area contributed by atoms with Gasteiger partial charge in [-0.2, -0.15) is 0 Å². The number of carbonyl (C=O) groups is 1. The van der Waals surface area contributed by atoms with Gasteiger partial charge in [0.05, 0.1) is 0 Å². The third-order valence-corrected chi connectivity index (χ3v) is 5.85. The molecule has 0 aliphatic heterocycles. The molecule has 0 spiro atoms. The maximum Gasteiger partial charge on any atom is 0.217 e. The van der Waals surface area contributed by atoms with Crippen molar-refractivity contribution in [3.63, 3.8) is 0 Å². The third kappa shape index (κ3) is 5.93. The second-order valence-electron chi connectivity index (χ2n) is 7.93. The molecule has 1 aliphatic rings. The third-order valence-electron chi connectivity index (χ3n) is 5.85. The smallest absolute Gasteiger partial charge is 0.217 e. The Morgan fingerprint density at radius 3 is 1.85 bits per heavy atom. The highest BCUT2D eigenvalue weighted by molar-refractivity contribution is 5.73. The first-order valence-corrected chi connectivity index (χ1v) is 10.2. The largest absolute Gasteiger partial charge is 0.354 e. The Labute approximate surface area is 163 Å². The molecule has 0 bridgehead atoms. The molecule has 1 amide bonds. The number of rotatable bonds is 7. The van der Waals surface area contributed by atoms with Crippen molar-refractivity contribution in [2.45, 2.75) is 64.7 Å². The molecular formula is C24H32N2O. The quantitative estimate of drug-likeness (QED) is 0.767. The Balaban J connectivity index is 1.65. The number of amides is 1. The van der Waals surface area contributed by atoms with E-state index in [1.165, 1.54) is 36.8 Å². The Hall–Kier alpha value is -2.13. The molecule has 1 aliphatic carbocycles.